The molecule has 0 aliphatic carbocycles. The number of nitrogens with two attached hydrogens (primary N) is 1. The van der Waals surface area contributed by atoms with Crippen LogP contribution in [-0.2, 0) is 22.6 Å². The van der Waals surface area contributed by atoms with Crippen molar-refractivity contribution in [3.63, 3.8) is 0 Å². The minimum absolute atomic E-state index is 0.0463. The van der Waals surface area contributed by atoms with Crippen molar-refractivity contribution in [3.05, 3.63) is 87.5 Å². The van der Waals surface area contributed by atoms with E-state index in [4.69, 9.17) is 10.5 Å². The van der Waals surface area contributed by atoms with Gasteiger partial charge in [-0.15, -0.1) is 0 Å². The number of ether oxygens (including phenoxy) is 1. The molecule has 3 heterocycles. The number of nitrogens with one attached hydrogen (secondary N) is 4. The van der Waals surface area contributed by atoms with Crippen LogP contribution < -0.4 is 37.2 Å². The zero-order valence-corrected chi connectivity index (χ0v) is 27.1. The lowest BCUT2D eigenvalue weighted by Gasteiger charge is -2.25. The summed E-state index contributed by atoms with van der Waals surface area (Å²) >= 11 is 0. The van der Waals surface area contributed by atoms with Gasteiger partial charge in [0.25, 0.3) is 11.8 Å². The molecule has 7 N–H and O–H groups in total. The first-order chi connectivity index (χ1) is 23.6. The lowest BCUT2D eigenvalue weighted by atomic mass is 10.0. The second kappa shape index (κ2) is 15.4. The number of phenolic OH excluding ortho intramolecular Hbond substituents is 1. The molecule has 256 valence electrons. The third kappa shape index (κ3) is 8.37. The Balaban J connectivity index is 1.44. The molecule has 1 aliphatic rings. The molecule has 0 spiro atoms. The van der Waals surface area contributed by atoms with Gasteiger partial charge in [0, 0.05) is 37.6 Å². The molecule has 0 bridgehead atoms. The zero-order chi connectivity index (χ0) is 35.1. The van der Waals surface area contributed by atoms with E-state index >= 15 is 0 Å². The quantitative estimate of drug-likeness (QED) is 0.165. The van der Waals surface area contributed by atoms with Crippen LogP contribution in [0.1, 0.15) is 51.7 Å². The van der Waals surface area contributed by atoms with Gasteiger partial charge in [0.1, 0.15) is 29.7 Å². The summed E-state index contributed by atoms with van der Waals surface area (Å²) in [6.45, 7) is 4.08. The summed E-state index contributed by atoms with van der Waals surface area (Å²) in [5.74, 6) is -1.93. The topological polar surface area (TPSA) is 220 Å². The first-order valence-corrected chi connectivity index (χ1v) is 15.9. The SMILES string of the molecule is CCn1cc(C(=O)Nc2ccc3c(c2)C(=O)NCCC(=O)N[C@H](CCN)C(=O)N[C@@H](Cc2ccc(O)cc2)CO3)c(=O)c2ncc(C)nc21. The number of anilines is 1. The van der Waals surface area contributed by atoms with Crippen LogP contribution in [-0.4, -0.2) is 75.1 Å². The molecule has 2 atom stereocenters. The summed E-state index contributed by atoms with van der Waals surface area (Å²) in [6.07, 6.45) is 3.27. The minimum atomic E-state index is -0.892. The van der Waals surface area contributed by atoms with E-state index in [1.165, 1.54) is 42.7 Å². The highest BCUT2D eigenvalue weighted by atomic mass is 16.5. The largest absolute Gasteiger partial charge is 0.508 e. The third-order valence-electron chi connectivity index (χ3n) is 7.91. The number of aryl methyl sites for hydroxylation is 2. The van der Waals surface area contributed by atoms with Gasteiger partial charge in [-0.1, -0.05) is 12.1 Å². The van der Waals surface area contributed by atoms with Gasteiger partial charge in [-0.3, -0.25) is 24.0 Å². The van der Waals surface area contributed by atoms with Gasteiger partial charge in [0.15, 0.2) is 11.2 Å². The van der Waals surface area contributed by atoms with Crippen LogP contribution in [0.5, 0.6) is 11.5 Å². The van der Waals surface area contributed by atoms with Gasteiger partial charge in [-0.05, 0) is 69.1 Å². The van der Waals surface area contributed by atoms with Crippen molar-refractivity contribution in [1.29, 1.82) is 0 Å². The predicted molar refractivity (Wildman–Crippen MR) is 180 cm³/mol. The van der Waals surface area contributed by atoms with Crippen LogP contribution in [0.15, 0.2) is 59.7 Å². The van der Waals surface area contributed by atoms with Crippen LogP contribution in [0.25, 0.3) is 11.2 Å². The molecule has 49 heavy (non-hydrogen) atoms. The monoisotopic (exact) mass is 670 g/mol. The molecule has 0 radical (unpaired) electrons. The van der Waals surface area contributed by atoms with E-state index < -0.39 is 41.1 Å². The predicted octanol–water partition coefficient (Wildman–Crippen LogP) is 1.15. The van der Waals surface area contributed by atoms with E-state index in [-0.39, 0.29) is 66.4 Å². The Labute approximate surface area is 281 Å². The normalized spacial score (nSPS) is 17.2. The standard InChI is InChI=1S/C34H38N8O7/c1-3-42-17-25(30(45)29-31(42)38-19(2)16-37-29)33(47)39-21-6-9-27-24(15-21)32(46)36-13-11-28(44)41-26(10-12-35)34(48)40-22(18-49-27)14-20-4-7-23(43)8-5-20/h4-9,15-17,22,26,43H,3,10-14,18,35H2,1-2H3,(H,36,46)(H,39,47)(H,40,48)(H,41,44)/t22-,26+/m0/s1. The molecule has 1 aliphatic heterocycles. The fraction of sp³-hybridized carbons (Fsp3) is 0.324. The molecule has 0 fully saturated rings. The molecular weight excluding hydrogens is 632 g/mol. The Hall–Kier alpha value is -5.83. The number of benzene rings is 2. The molecule has 4 aromatic rings. The first kappa shape index (κ1) is 34.5. The second-order valence-electron chi connectivity index (χ2n) is 11.6. The summed E-state index contributed by atoms with van der Waals surface area (Å²) in [4.78, 5) is 74.6. The lowest BCUT2D eigenvalue weighted by Crippen LogP contribution is -2.52. The summed E-state index contributed by atoms with van der Waals surface area (Å²) in [6, 6.07) is 9.39. The van der Waals surface area contributed by atoms with Gasteiger partial charge in [0.2, 0.25) is 17.2 Å². The van der Waals surface area contributed by atoms with Gasteiger partial charge < -0.3 is 41.4 Å². The first-order valence-electron chi connectivity index (χ1n) is 15.9. The highest BCUT2D eigenvalue weighted by Crippen LogP contribution is 2.25. The van der Waals surface area contributed by atoms with E-state index in [1.807, 2.05) is 6.92 Å². The summed E-state index contributed by atoms with van der Waals surface area (Å²) in [5, 5.41) is 20.7. The maximum Gasteiger partial charge on any atom is 0.261 e. The number of aromatic hydroxyl groups is 1. The van der Waals surface area contributed by atoms with Gasteiger partial charge in [0.05, 0.1) is 17.3 Å². The van der Waals surface area contributed by atoms with E-state index in [2.05, 4.69) is 31.2 Å². The number of amides is 4. The van der Waals surface area contributed by atoms with Crippen LogP contribution >= 0.6 is 0 Å². The molecular formula is C34H38N8O7. The number of hydrogen-bond acceptors (Lipinski definition) is 10. The average Bonchev–Trinajstić information content (AvgIpc) is 3.08. The number of fused-ring (bicyclic) bond motifs is 2. The molecule has 4 amide bonds. The fourth-order valence-corrected chi connectivity index (χ4v) is 5.39. The molecule has 2 aromatic heterocycles. The Morgan fingerprint density at radius 2 is 1.90 bits per heavy atom. The molecule has 5 rings (SSSR count). The van der Waals surface area contributed by atoms with E-state index in [9.17, 15) is 29.1 Å². The Morgan fingerprint density at radius 3 is 2.63 bits per heavy atom. The number of hydrogen-bond donors (Lipinski definition) is 6. The highest BCUT2D eigenvalue weighted by molar-refractivity contribution is 6.06. The summed E-state index contributed by atoms with van der Waals surface area (Å²) in [7, 11) is 0. The number of pyridine rings is 1. The van der Waals surface area contributed by atoms with Crippen LogP contribution in [0.3, 0.4) is 0 Å². The number of rotatable bonds is 7. The maximum absolute atomic E-state index is 13.4. The van der Waals surface area contributed by atoms with Crippen molar-refractivity contribution >= 4 is 40.5 Å². The van der Waals surface area contributed by atoms with Crippen LogP contribution in [0, 0.1) is 6.92 Å². The third-order valence-corrected chi connectivity index (χ3v) is 7.91. The van der Waals surface area contributed by atoms with Gasteiger partial charge in [-0.2, -0.15) is 0 Å². The van der Waals surface area contributed by atoms with Crippen molar-refractivity contribution < 1.29 is 29.0 Å². The lowest BCUT2D eigenvalue weighted by molar-refractivity contribution is -0.129. The molecule has 15 heteroatoms. The zero-order valence-electron chi connectivity index (χ0n) is 27.1. The van der Waals surface area contributed by atoms with Crippen molar-refractivity contribution in [2.45, 2.75) is 51.7 Å². The van der Waals surface area contributed by atoms with Crippen molar-refractivity contribution in [2.24, 2.45) is 5.73 Å². The van der Waals surface area contributed by atoms with E-state index in [1.54, 1.807) is 23.6 Å². The molecule has 15 nitrogen and oxygen atoms in total. The minimum Gasteiger partial charge on any atom is -0.508 e. The van der Waals surface area contributed by atoms with Crippen molar-refractivity contribution in [1.82, 2.24) is 30.5 Å². The second-order valence-corrected chi connectivity index (χ2v) is 11.6. The number of aromatic nitrogens is 3. The van der Waals surface area contributed by atoms with Gasteiger partial charge >= 0.3 is 0 Å². The molecule has 0 unspecified atom stereocenters. The molecule has 0 saturated heterocycles. The van der Waals surface area contributed by atoms with Crippen molar-refractivity contribution in [3.8, 4) is 11.5 Å². The number of nitrogens with zero attached hydrogens (tertiary/aromatic N) is 3. The smallest absolute Gasteiger partial charge is 0.261 e. The maximum atomic E-state index is 13.4. The number of carbonyl (C=O) groups excluding carboxylic acids is 4. The molecule has 0 saturated carbocycles. The molecule has 2 aromatic carbocycles. The highest BCUT2D eigenvalue weighted by Gasteiger charge is 2.25. The summed E-state index contributed by atoms with van der Waals surface area (Å²) < 4.78 is 7.77. The Bertz CT molecular complexity index is 1940. The van der Waals surface area contributed by atoms with E-state index in [0.29, 0.717) is 24.3 Å². The Morgan fingerprint density at radius 1 is 1.12 bits per heavy atom. The van der Waals surface area contributed by atoms with Gasteiger partial charge in [-0.25, -0.2) is 9.97 Å². The summed E-state index contributed by atoms with van der Waals surface area (Å²) in [5.41, 5.74) is 7.08. The number of phenols is 1. The number of carbonyl (C=O) groups is 4. The van der Waals surface area contributed by atoms with E-state index in [0.717, 1.165) is 5.56 Å². The van der Waals surface area contributed by atoms with Crippen molar-refractivity contribution in [2.75, 3.05) is 25.0 Å². The Kier molecular flexibility index (Phi) is 10.8. The van der Waals surface area contributed by atoms with Crippen LogP contribution in [0.2, 0.25) is 0 Å². The van der Waals surface area contributed by atoms with Crippen LogP contribution in [0.4, 0.5) is 5.69 Å². The average molecular weight is 671 g/mol. The fourth-order valence-electron chi connectivity index (χ4n) is 5.39.